The molecule has 0 aliphatic rings. The van der Waals surface area contributed by atoms with Crippen LogP contribution in [0.4, 0.5) is 4.79 Å². The van der Waals surface area contributed by atoms with E-state index >= 15 is 0 Å². The fourth-order valence-corrected chi connectivity index (χ4v) is 0.905. The van der Waals surface area contributed by atoms with Gasteiger partial charge in [-0.1, -0.05) is 23.2 Å². The highest BCUT2D eigenvalue weighted by Crippen LogP contribution is 2.17. The minimum Gasteiger partial charge on any atom is -0.453 e. The van der Waals surface area contributed by atoms with E-state index in [1.54, 1.807) is 0 Å². The maximum absolute atomic E-state index is 11.2. The average Bonchev–Trinajstić information content (AvgIpc) is 2.47. The standard InChI is InChI=1S/C6H5Cl2N3O3/c1-14-6(13)11-5(12)4-9-2(7)3(8)10-4/h1H3,(H,9,10)(H,11,12,13). The maximum Gasteiger partial charge on any atom is 0.413 e. The number of imidazole rings is 1. The number of aromatic nitrogens is 2. The van der Waals surface area contributed by atoms with Gasteiger partial charge < -0.3 is 9.72 Å². The lowest BCUT2D eigenvalue weighted by atomic mass is 10.6. The number of rotatable bonds is 1. The Bertz CT molecular complexity index is 357. The second kappa shape index (κ2) is 4.30. The molecule has 0 aliphatic carbocycles. The molecule has 2 N–H and O–H groups in total. The first-order chi connectivity index (χ1) is 6.54. The first-order valence-electron chi connectivity index (χ1n) is 3.35. The first kappa shape index (κ1) is 10.8. The SMILES string of the molecule is COC(=O)NC(=O)c1nc(Cl)c(Cl)[nH]1. The summed E-state index contributed by atoms with van der Waals surface area (Å²) in [4.78, 5) is 27.7. The molecule has 1 aromatic rings. The summed E-state index contributed by atoms with van der Waals surface area (Å²) in [5.74, 6) is -0.934. The van der Waals surface area contributed by atoms with Gasteiger partial charge in [-0.05, 0) is 0 Å². The molecule has 1 rings (SSSR count). The van der Waals surface area contributed by atoms with E-state index < -0.39 is 12.0 Å². The Morgan fingerprint density at radius 2 is 2.14 bits per heavy atom. The van der Waals surface area contributed by atoms with Crippen molar-refractivity contribution in [3.05, 3.63) is 16.1 Å². The van der Waals surface area contributed by atoms with Gasteiger partial charge in [-0.3, -0.25) is 10.1 Å². The fourth-order valence-electron chi connectivity index (χ4n) is 0.641. The van der Waals surface area contributed by atoms with Crippen molar-refractivity contribution in [3.63, 3.8) is 0 Å². The highest BCUT2D eigenvalue weighted by molar-refractivity contribution is 6.40. The molecule has 1 heterocycles. The van der Waals surface area contributed by atoms with Crippen LogP contribution in [0.2, 0.25) is 10.3 Å². The summed E-state index contributed by atoms with van der Waals surface area (Å²) >= 11 is 11.0. The highest BCUT2D eigenvalue weighted by Gasteiger charge is 2.15. The molecule has 0 spiro atoms. The van der Waals surface area contributed by atoms with Gasteiger partial charge in [0, 0.05) is 0 Å². The Labute approximate surface area is 88.5 Å². The van der Waals surface area contributed by atoms with Crippen molar-refractivity contribution in [2.75, 3.05) is 7.11 Å². The topological polar surface area (TPSA) is 84.1 Å². The smallest absolute Gasteiger partial charge is 0.413 e. The van der Waals surface area contributed by atoms with Gasteiger partial charge in [-0.15, -0.1) is 0 Å². The number of nitrogens with zero attached hydrogens (tertiary/aromatic N) is 1. The Hall–Kier alpha value is -1.27. The molecule has 2 amide bonds. The number of ether oxygens (including phenoxy) is 1. The number of hydrogen-bond donors (Lipinski definition) is 2. The lowest BCUT2D eigenvalue weighted by Gasteiger charge is -1.98. The number of methoxy groups -OCH3 is 1. The van der Waals surface area contributed by atoms with Gasteiger partial charge in [0.15, 0.2) is 11.0 Å². The number of alkyl carbamates (subject to hydrolysis) is 1. The molecule has 1 aromatic heterocycles. The number of nitrogens with one attached hydrogen (secondary N) is 2. The van der Waals surface area contributed by atoms with Crippen LogP contribution in [0.1, 0.15) is 10.6 Å². The number of amides is 2. The summed E-state index contributed by atoms with van der Waals surface area (Å²) in [6.45, 7) is 0. The van der Waals surface area contributed by atoms with Crippen LogP contribution in [0.15, 0.2) is 0 Å². The summed E-state index contributed by atoms with van der Waals surface area (Å²) in [7, 11) is 1.13. The van der Waals surface area contributed by atoms with E-state index in [0.717, 1.165) is 7.11 Å². The Kier molecular flexibility index (Phi) is 3.32. The van der Waals surface area contributed by atoms with Crippen LogP contribution in [0.25, 0.3) is 0 Å². The summed E-state index contributed by atoms with van der Waals surface area (Å²) < 4.78 is 4.20. The van der Waals surface area contributed by atoms with Crippen molar-refractivity contribution in [3.8, 4) is 0 Å². The predicted molar refractivity (Wildman–Crippen MR) is 48.5 cm³/mol. The molecule has 0 saturated heterocycles. The number of imide groups is 1. The molecule has 0 fully saturated rings. The summed E-state index contributed by atoms with van der Waals surface area (Å²) in [6, 6.07) is 0. The van der Waals surface area contributed by atoms with Crippen molar-refractivity contribution in [2.45, 2.75) is 0 Å². The normalized spacial score (nSPS) is 9.64. The number of H-pyrrole nitrogens is 1. The molecule has 14 heavy (non-hydrogen) atoms. The van der Waals surface area contributed by atoms with Crippen molar-refractivity contribution >= 4 is 35.2 Å². The first-order valence-corrected chi connectivity index (χ1v) is 4.10. The van der Waals surface area contributed by atoms with Crippen molar-refractivity contribution in [2.24, 2.45) is 0 Å². The average molecular weight is 238 g/mol. The fraction of sp³-hybridized carbons (Fsp3) is 0.167. The molecule has 0 saturated carbocycles. The quantitative estimate of drug-likeness (QED) is 0.770. The highest BCUT2D eigenvalue weighted by atomic mass is 35.5. The Balaban J connectivity index is 2.75. The van der Waals surface area contributed by atoms with Gasteiger partial charge in [0.05, 0.1) is 7.11 Å². The van der Waals surface area contributed by atoms with E-state index in [4.69, 9.17) is 23.2 Å². The second-order valence-corrected chi connectivity index (χ2v) is 2.87. The largest absolute Gasteiger partial charge is 0.453 e. The molecule has 0 aliphatic heterocycles. The number of halogens is 2. The molecular weight excluding hydrogens is 233 g/mol. The molecule has 76 valence electrons. The van der Waals surface area contributed by atoms with Crippen LogP contribution in [0.3, 0.4) is 0 Å². The Morgan fingerprint density at radius 1 is 1.50 bits per heavy atom. The zero-order valence-electron chi connectivity index (χ0n) is 6.93. The maximum atomic E-state index is 11.2. The Morgan fingerprint density at radius 3 is 2.57 bits per heavy atom. The summed E-state index contributed by atoms with van der Waals surface area (Å²) in [5, 5.41) is 1.86. The third kappa shape index (κ3) is 2.36. The second-order valence-electron chi connectivity index (χ2n) is 2.14. The van der Waals surface area contributed by atoms with Gasteiger partial charge in [-0.2, -0.15) is 0 Å². The molecule has 0 atom stereocenters. The molecular formula is C6H5Cl2N3O3. The van der Waals surface area contributed by atoms with Gasteiger partial charge in [0.25, 0.3) is 5.91 Å². The van der Waals surface area contributed by atoms with E-state index in [2.05, 4.69) is 14.7 Å². The molecule has 8 heteroatoms. The van der Waals surface area contributed by atoms with Crippen molar-refractivity contribution in [1.29, 1.82) is 0 Å². The molecule has 6 nitrogen and oxygen atoms in total. The van der Waals surface area contributed by atoms with E-state index in [-0.39, 0.29) is 16.1 Å². The van der Waals surface area contributed by atoms with Crippen LogP contribution >= 0.6 is 23.2 Å². The van der Waals surface area contributed by atoms with Crippen LogP contribution < -0.4 is 5.32 Å². The minimum atomic E-state index is -0.890. The zero-order valence-corrected chi connectivity index (χ0v) is 8.44. The van der Waals surface area contributed by atoms with E-state index in [1.807, 2.05) is 5.32 Å². The third-order valence-corrected chi connectivity index (χ3v) is 1.88. The van der Waals surface area contributed by atoms with E-state index in [9.17, 15) is 9.59 Å². The van der Waals surface area contributed by atoms with Crippen molar-refractivity contribution in [1.82, 2.24) is 15.3 Å². The minimum absolute atomic E-state index is 0.0293. The van der Waals surface area contributed by atoms with E-state index in [0.29, 0.717) is 0 Å². The zero-order chi connectivity index (χ0) is 10.7. The van der Waals surface area contributed by atoms with Crippen LogP contribution in [0, 0.1) is 0 Å². The summed E-state index contributed by atoms with van der Waals surface area (Å²) in [6.07, 6.45) is -0.890. The van der Waals surface area contributed by atoms with Crippen molar-refractivity contribution < 1.29 is 14.3 Å². The van der Waals surface area contributed by atoms with Gasteiger partial charge in [0.1, 0.15) is 5.15 Å². The molecule has 0 bridgehead atoms. The monoisotopic (exact) mass is 237 g/mol. The number of aromatic amines is 1. The van der Waals surface area contributed by atoms with Crippen LogP contribution in [0.5, 0.6) is 0 Å². The number of carbonyl (C=O) groups excluding carboxylic acids is 2. The number of carbonyl (C=O) groups is 2. The lowest BCUT2D eigenvalue weighted by Crippen LogP contribution is -2.30. The van der Waals surface area contributed by atoms with Crippen LogP contribution in [-0.4, -0.2) is 29.1 Å². The summed E-state index contributed by atoms with van der Waals surface area (Å²) in [5.41, 5.74) is 0. The van der Waals surface area contributed by atoms with Gasteiger partial charge in [0.2, 0.25) is 0 Å². The molecule has 0 radical (unpaired) electrons. The van der Waals surface area contributed by atoms with E-state index in [1.165, 1.54) is 0 Å². The molecule has 0 unspecified atom stereocenters. The predicted octanol–water partition coefficient (Wildman–Crippen LogP) is 1.21. The van der Waals surface area contributed by atoms with Crippen LogP contribution in [-0.2, 0) is 4.74 Å². The lowest BCUT2D eigenvalue weighted by molar-refractivity contribution is 0.0927. The van der Waals surface area contributed by atoms with Gasteiger partial charge >= 0.3 is 6.09 Å². The molecule has 0 aromatic carbocycles. The number of hydrogen-bond acceptors (Lipinski definition) is 4. The van der Waals surface area contributed by atoms with Gasteiger partial charge in [-0.25, -0.2) is 9.78 Å². The third-order valence-electron chi connectivity index (χ3n) is 1.24.